The number of rotatable bonds is 3. The number of hydrogen-bond acceptors (Lipinski definition) is 4. The molecule has 2 N–H and O–H groups in total. The van der Waals surface area contributed by atoms with Crippen LogP contribution < -0.4 is 10.5 Å². The molecular formula is C14H15ClN2OS. The molecule has 0 radical (unpaired) electrons. The molecule has 5 heteroatoms. The SMILES string of the molecule is NC1CCCc2nc(COc3ccc(Cl)cc3)sc21. The summed E-state index contributed by atoms with van der Waals surface area (Å²) in [5.74, 6) is 0.807. The van der Waals surface area contributed by atoms with Crippen LogP contribution in [0.15, 0.2) is 24.3 Å². The minimum absolute atomic E-state index is 0.158. The Morgan fingerprint density at radius 3 is 2.89 bits per heavy atom. The third-order valence-electron chi connectivity index (χ3n) is 3.21. The van der Waals surface area contributed by atoms with Crippen LogP contribution in [-0.2, 0) is 13.0 Å². The van der Waals surface area contributed by atoms with E-state index in [0.29, 0.717) is 11.6 Å². The van der Waals surface area contributed by atoms with Crippen molar-refractivity contribution >= 4 is 22.9 Å². The van der Waals surface area contributed by atoms with E-state index in [1.165, 1.54) is 10.6 Å². The fourth-order valence-corrected chi connectivity index (χ4v) is 3.43. The maximum Gasteiger partial charge on any atom is 0.140 e. The minimum atomic E-state index is 0.158. The summed E-state index contributed by atoms with van der Waals surface area (Å²) in [6.07, 6.45) is 3.24. The molecule has 1 aromatic heterocycles. The van der Waals surface area contributed by atoms with E-state index in [2.05, 4.69) is 4.98 Å². The maximum absolute atomic E-state index is 6.10. The molecule has 1 heterocycles. The fraction of sp³-hybridized carbons (Fsp3) is 0.357. The molecule has 0 bridgehead atoms. The lowest BCUT2D eigenvalue weighted by Crippen LogP contribution is -2.15. The Morgan fingerprint density at radius 1 is 1.37 bits per heavy atom. The lowest BCUT2D eigenvalue weighted by Gasteiger charge is -2.15. The molecule has 19 heavy (non-hydrogen) atoms. The second-order valence-electron chi connectivity index (χ2n) is 4.66. The third-order valence-corrected chi connectivity index (χ3v) is 4.67. The summed E-state index contributed by atoms with van der Waals surface area (Å²) in [6, 6.07) is 7.52. The summed E-state index contributed by atoms with van der Waals surface area (Å²) in [6.45, 7) is 0.492. The molecule has 100 valence electrons. The van der Waals surface area contributed by atoms with Gasteiger partial charge in [0.15, 0.2) is 0 Å². The van der Waals surface area contributed by atoms with Crippen LogP contribution in [0.3, 0.4) is 0 Å². The molecule has 2 aromatic rings. The van der Waals surface area contributed by atoms with Crippen LogP contribution >= 0.6 is 22.9 Å². The predicted octanol–water partition coefficient (Wildman–Crippen LogP) is 3.71. The summed E-state index contributed by atoms with van der Waals surface area (Å²) < 4.78 is 5.71. The highest BCUT2D eigenvalue weighted by molar-refractivity contribution is 7.11. The molecule has 0 saturated carbocycles. The van der Waals surface area contributed by atoms with Gasteiger partial charge < -0.3 is 10.5 Å². The van der Waals surface area contributed by atoms with Crippen molar-refractivity contribution in [3.63, 3.8) is 0 Å². The Kier molecular flexibility index (Phi) is 3.73. The van der Waals surface area contributed by atoms with Gasteiger partial charge in [-0.05, 0) is 43.5 Å². The van der Waals surface area contributed by atoms with E-state index in [9.17, 15) is 0 Å². The number of benzene rings is 1. The lowest BCUT2D eigenvalue weighted by molar-refractivity contribution is 0.305. The summed E-state index contributed by atoms with van der Waals surface area (Å²) >= 11 is 7.51. The topological polar surface area (TPSA) is 48.1 Å². The number of halogens is 1. The van der Waals surface area contributed by atoms with Crippen LogP contribution in [0.5, 0.6) is 5.75 Å². The molecule has 0 spiro atoms. The van der Waals surface area contributed by atoms with Crippen molar-refractivity contribution in [2.45, 2.75) is 31.9 Å². The number of aromatic nitrogens is 1. The van der Waals surface area contributed by atoms with Gasteiger partial charge in [-0.3, -0.25) is 0 Å². The number of thiazole rings is 1. The van der Waals surface area contributed by atoms with Crippen molar-refractivity contribution in [3.05, 3.63) is 44.9 Å². The van der Waals surface area contributed by atoms with Gasteiger partial charge in [0.1, 0.15) is 17.4 Å². The lowest BCUT2D eigenvalue weighted by atomic mass is 9.99. The van der Waals surface area contributed by atoms with Crippen molar-refractivity contribution < 1.29 is 4.74 Å². The van der Waals surface area contributed by atoms with E-state index >= 15 is 0 Å². The first kappa shape index (κ1) is 12.9. The van der Waals surface area contributed by atoms with Crippen molar-refractivity contribution in [2.24, 2.45) is 5.73 Å². The first-order chi connectivity index (χ1) is 9.22. The van der Waals surface area contributed by atoms with Crippen LogP contribution in [-0.4, -0.2) is 4.98 Å². The molecule has 0 fully saturated rings. The first-order valence-corrected chi connectivity index (χ1v) is 7.54. The van der Waals surface area contributed by atoms with Gasteiger partial charge in [0.05, 0.1) is 5.69 Å². The van der Waals surface area contributed by atoms with Gasteiger partial charge in [-0.1, -0.05) is 11.6 Å². The molecule has 0 saturated heterocycles. The average molecular weight is 295 g/mol. The largest absolute Gasteiger partial charge is 0.486 e. The highest BCUT2D eigenvalue weighted by Gasteiger charge is 2.21. The van der Waals surface area contributed by atoms with Gasteiger partial charge in [-0.2, -0.15) is 0 Å². The summed E-state index contributed by atoms with van der Waals surface area (Å²) in [4.78, 5) is 5.86. The summed E-state index contributed by atoms with van der Waals surface area (Å²) in [5.41, 5.74) is 7.26. The maximum atomic E-state index is 6.10. The molecular weight excluding hydrogens is 280 g/mol. The van der Waals surface area contributed by atoms with E-state index in [-0.39, 0.29) is 6.04 Å². The number of nitrogens with zero attached hydrogens (tertiary/aromatic N) is 1. The first-order valence-electron chi connectivity index (χ1n) is 6.35. The van der Waals surface area contributed by atoms with Gasteiger partial charge in [-0.25, -0.2) is 4.98 Å². The highest BCUT2D eigenvalue weighted by Crippen LogP contribution is 2.33. The monoisotopic (exact) mass is 294 g/mol. The Bertz CT molecular complexity index is 567. The van der Waals surface area contributed by atoms with Crippen LogP contribution in [0.4, 0.5) is 0 Å². The second-order valence-corrected chi connectivity index (χ2v) is 6.21. The zero-order valence-electron chi connectivity index (χ0n) is 10.4. The van der Waals surface area contributed by atoms with E-state index in [1.54, 1.807) is 11.3 Å². The van der Waals surface area contributed by atoms with Gasteiger partial charge in [0.2, 0.25) is 0 Å². The molecule has 3 rings (SSSR count). The number of ether oxygens (including phenoxy) is 1. The van der Waals surface area contributed by atoms with Crippen molar-refractivity contribution in [1.29, 1.82) is 0 Å². The van der Waals surface area contributed by atoms with Crippen LogP contribution in [0.2, 0.25) is 5.02 Å². The second kappa shape index (κ2) is 5.49. The Morgan fingerprint density at radius 2 is 2.16 bits per heavy atom. The van der Waals surface area contributed by atoms with Crippen molar-refractivity contribution in [2.75, 3.05) is 0 Å². The molecule has 1 unspecified atom stereocenters. The molecule has 0 aliphatic heterocycles. The van der Waals surface area contributed by atoms with Gasteiger partial charge in [0, 0.05) is 15.9 Å². The van der Waals surface area contributed by atoms with Crippen molar-refractivity contribution in [3.8, 4) is 5.75 Å². The molecule has 0 amide bonds. The number of hydrogen-bond donors (Lipinski definition) is 1. The van der Waals surface area contributed by atoms with Crippen LogP contribution in [0, 0.1) is 0 Å². The molecule has 1 aromatic carbocycles. The van der Waals surface area contributed by atoms with Crippen molar-refractivity contribution in [1.82, 2.24) is 4.98 Å². The zero-order chi connectivity index (χ0) is 13.2. The third kappa shape index (κ3) is 2.91. The quantitative estimate of drug-likeness (QED) is 0.939. The smallest absolute Gasteiger partial charge is 0.140 e. The number of fused-ring (bicyclic) bond motifs is 1. The van der Waals surface area contributed by atoms with Gasteiger partial charge in [-0.15, -0.1) is 11.3 Å². The standard InChI is InChI=1S/C14H15ClN2OS/c15-9-4-6-10(7-5-9)18-8-13-17-12-3-1-2-11(16)14(12)19-13/h4-7,11H,1-3,8,16H2. The normalized spacial score (nSPS) is 18.1. The van der Waals surface area contributed by atoms with E-state index in [1.807, 2.05) is 24.3 Å². The Labute approximate surface area is 121 Å². The fourth-order valence-electron chi connectivity index (χ4n) is 2.24. The van der Waals surface area contributed by atoms with Gasteiger partial charge >= 0.3 is 0 Å². The number of nitrogens with two attached hydrogens (primary N) is 1. The van der Waals surface area contributed by atoms with E-state index < -0.39 is 0 Å². The van der Waals surface area contributed by atoms with E-state index in [0.717, 1.165) is 30.0 Å². The highest BCUT2D eigenvalue weighted by atomic mass is 35.5. The Balaban J connectivity index is 1.69. The van der Waals surface area contributed by atoms with E-state index in [4.69, 9.17) is 22.1 Å². The zero-order valence-corrected chi connectivity index (χ0v) is 12.0. The molecule has 1 aliphatic carbocycles. The van der Waals surface area contributed by atoms with Crippen LogP contribution in [0.25, 0.3) is 0 Å². The molecule has 1 aliphatic rings. The summed E-state index contributed by atoms with van der Waals surface area (Å²) in [7, 11) is 0. The average Bonchev–Trinajstić information content (AvgIpc) is 2.83. The van der Waals surface area contributed by atoms with Gasteiger partial charge in [0.25, 0.3) is 0 Å². The summed E-state index contributed by atoms with van der Waals surface area (Å²) in [5, 5.41) is 1.71. The Hall–Kier alpha value is -1.10. The predicted molar refractivity (Wildman–Crippen MR) is 77.8 cm³/mol. The van der Waals surface area contributed by atoms with Crippen LogP contribution in [0.1, 0.15) is 34.5 Å². The molecule has 1 atom stereocenters. The molecule has 3 nitrogen and oxygen atoms in total. The minimum Gasteiger partial charge on any atom is -0.486 e. The number of aryl methyl sites for hydroxylation is 1.